The van der Waals surface area contributed by atoms with E-state index in [-0.39, 0.29) is 5.91 Å². The second-order valence-electron chi connectivity index (χ2n) is 5.22. The van der Waals surface area contributed by atoms with Crippen LogP contribution in [0.5, 0.6) is 0 Å². The summed E-state index contributed by atoms with van der Waals surface area (Å²) in [6.07, 6.45) is 5.80. The summed E-state index contributed by atoms with van der Waals surface area (Å²) in [4.78, 5) is 14.2. The molecule has 2 heterocycles. The third-order valence-electron chi connectivity index (χ3n) is 3.76. The molecule has 1 aliphatic rings. The zero-order chi connectivity index (χ0) is 14.2. The van der Waals surface area contributed by atoms with Crippen molar-refractivity contribution in [3.63, 3.8) is 0 Å². The SMILES string of the molecule is CCN1CCC(NC(=O)CNCCn2cccn2)CC1. The first kappa shape index (κ1) is 15.0. The number of hydrogen-bond donors (Lipinski definition) is 2. The van der Waals surface area contributed by atoms with Crippen molar-refractivity contribution < 1.29 is 4.79 Å². The molecule has 1 fully saturated rings. The van der Waals surface area contributed by atoms with Gasteiger partial charge >= 0.3 is 0 Å². The predicted molar refractivity (Wildman–Crippen MR) is 78.4 cm³/mol. The lowest BCUT2D eigenvalue weighted by molar-refractivity contribution is -0.121. The highest BCUT2D eigenvalue weighted by Crippen LogP contribution is 2.09. The van der Waals surface area contributed by atoms with Gasteiger partial charge in [-0.05, 0) is 25.5 Å². The Morgan fingerprint density at radius 1 is 1.40 bits per heavy atom. The maximum atomic E-state index is 11.8. The molecule has 0 atom stereocenters. The quantitative estimate of drug-likeness (QED) is 0.694. The van der Waals surface area contributed by atoms with Gasteiger partial charge in [-0.15, -0.1) is 0 Å². The summed E-state index contributed by atoms with van der Waals surface area (Å²) in [6, 6.07) is 2.24. The zero-order valence-electron chi connectivity index (χ0n) is 12.2. The summed E-state index contributed by atoms with van der Waals surface area (Å²) < 4.78 is 1.85. The van der Waals surface area contributed by atoms with Gasteiger partial charge in [0, 0.05) is 38.1 Å². The van der Waals surface area contributed by atoms with Crippen LogP contribution >= 0.6 is 0 Å². The van der Waals surface area contributed by atoms with Crippen LogP contribution in [-0.4, -0.2) is 59.4 Å². The van der Waals surface area contributed by atoms with Crippen molar-refractivity contribution >= 4 is 5.91 Å². The minimum absolute atomic E-state index is 0.0976. The fourth-order valence-corrected chi connectivity index (χ4v) is 2.50. The number of likely N-dealkylation sites (tertiary alicyclic amines) is 1. The van der Waals surface area contributed by atoms with Gasteiger partial charge in [-0.3, -0.25) is 9.48 Å². The van der Waals surface area contributed by atoms with Crippen LogP contribution in [0.4, 0.5) is 0 Å². The topological polar surface area (TPSA) is 62.2 Å². The molecule has 6 nitrogen and oxygen atoms in total. The van der Waals surface area contributed by atoms with Crippen LogP contribution in [0.25, 0.3) is 0 Å². The van der Waals surface area contributed by atoms with Crippen LogP contribution in [-0.2, 0) is 11.3 Å². The van der Waals surface area contributed by atoms with Crippen LogP contribution in [0.2, 0.25) is 0 Å². The molecule has 0 saturated carbocycles. The number of nitrogens with one attached hydrogen (secondary N) is 2. The molecule has 20 heavy (non-hydrogen) atoms. The zero-order valence-corrected chi connectivity index (χ0v) is 12.2. The average molecular weight is 279 g/mol. The molecule has 112 valence electrons. The highest BCUT2D eigenvalue weighted by atomic mass is 16.1. The predicted octanol–water partition coefficient (Wildman–Crippen LogP) is 0.0732. The van der Waals surface area contributed by atoms with Gasteiger partial charge in [0.25, 0.3) is 0 Å². The van der Waals surface area contributed by atoms with Gasteiger partial charge in [-0.2, -0.15) is 5.10 Å². The van der Waals surface area contributed by atoms with Crippen molar-refractivity contribution in [1.29, 1.82) is 0 Å². The second-order valence-corrected chi connectivity index (χ2v) is 5.22. The van der Waals surface area contributed by atoms with Gasteiger partial charge < -0.3 is 15.5 Å². The second kappa shape index (κ2) is 8.01. The Kier molecular flexibility index (Phi) is 6.01. The van der Waals surface area contributed by atoms with Crippen LogP contribution in [0, 0.1) is 0 Å². The van der Waals surface area contributed by atoms with Crippen molar-refractivity contribution in [2.45, 2.75) is 32.4 Å². The molecule has 1 amide bonds. The summed E-state index contributed by atoms with van der Waals surface area (Å²) >= 11 is 0. The number of carbonyl (C=O) groups is 1. The summed E-state index contributed by atoms with van der Waals surface area (Å²) in [6.45, 7) is 7.40. The molecule has 1 aliphatic heterocycles. The van der Waals surface area contributed by atoms with E-state index in [0.29, 0.717) is 12.6 Å². The molecular weight excluding hydrogens is 254 g/mol. The number of hydrogen-bond acceptors (Lipinski definition) is 4. The third-order valence-corrected chi connectivity index (χ3v) is 3.76. The first-order valence-corrected chi connectivity index (χ1v) is 7.48. The maximum Gasteiger partial charge on any atom is 0.234 e. The minimum atomic E-state index is 0.0976. The largest absolute Gasteiger partial charge is 0.352 e. The Hall–Kier alpha value is -1.40. The number of piperidine rings is 1. The summed E-state index contributed by atoms with van der Waals surface area (Å²) in [5.74, 6) is 0.0976. The molecular formula is C14H25N5O. The first-order chi connectivity index (χ1) is 9.78. The Morgan fingerprint density at radius 2 is 2.20 bits per heavy atom. The molecule has 2 rings (SSSR count). The number of aromatic nitrogens is 2. The number of carbonyl (C=O) groups excluding carboxylic acids is 1. The fraction of sp³-hybridized carbons (Fsp3) is 0.714. The maximum absolute atomic E-state index is 11.8. The molecule has 1 aromatic rings. The van der Waals surface area contributed by atoms with Crippen molar-refractivity contribution in [2.75, 3.05) is 32.7 Å². The van der Waals surface area contributed by atoms with Gasteiger partial charge in [-0.25, -0.2) is 0 Å². The van der Waals surface area contributed by atoms with Crippen molar-refractivity contribution in [1.82, 2.24) is 25.3 Å². The van der Waals surface area contributed by atoms with Crippen LogP contribution in [0.1, 0.15) is 19.8 Å². The average Bonchev–Trinajstić information content (AvgIpc) is 2.98. The molecule has 0 bridgehead atoms. The molecule has 0 aliphatic carbocycles. The summed E-state index contributed by atoms with van der Waals surface area (Å²) in [7, 11) is 0. The Labute approximate surface area is 120 Å². The molecule has 0 aromatic carbocycles. The highest BCUT2D eigenvalue weighted by Gasteiger charge is 2.19. The van der Waals surface area contributed by atoms with E-state index >= 15 is 0 Å². The van der Waals surface area contributed by atoms with Gasteiger partial charge in [-0.1, -0.05) is 6.92 Å². The number of nitrogens with zero attached hydrogens (tertiary/aromatic N) is 3. The highest BCUT2D eigenvalue weighted by molar-refractivity contribution is 5.78. The molecule has 0 unspecified atom stereocenters. The molecule has 2 N–H and O–H groups in total. The lowest BCUT2D eigenvalue weighted by atomic mass is 10.1. The first-order valence-electron chi connectivity index (χ1n) is 7.48. The van der Waals surface area contributed by atoms with E-state index in [0.717, 1.165) is 45.6 Å². The smallest absolute Gasteiger partial charge is 0.234 e. The minimum Gasteiger partial charge on any atom is -0.352 e. The van der Waals surface area contributed by atoms with Crippen molar-refractivity contribution in [3.05, 3.63) is 18.5 Å². The van der Waals surface area contributed by atoms with E-state index in [2.05, 4.69) is 27.6 Å². The van der Waals surface area contributed by atoms with Gasteiger partial charge in [0.2, 0.25) is 5.91 Å². The lowest BCUT2D eigenvalue weighted by Crippen LogP contribution is -2.47. The standard InChI is InChI=1S/C14H25N5O/c1-2-18-9-4-13(5-10-18)17-14(20)12-15-7-11-19-8-3-6-16-19/h3,6,8,13,15H,2,4-5,7,9-12H2,1H3,(H,17,20). The van der Waals surface area contributed by atoms with E-state index in [1.54, 1.807) is 6.20 Å². The lowest BCUT2D eigenvalue weighted by Gasteiger charge is -2.31. The van der Waals surface area contributed by atoms with Crippen LogP contribution in [0.15, 0.2) is 18.5 Å². The third kappa shape index (κ3) is 4.94. The Morgan fingerprint density at radius 3 is 2.85 bits per heavy atom. The van der Waals surface area contributed by atoms with E-state index < -0.39 is 0 Å². The molecule has 1 aromatic heterocycles. The monoisotopic (exact) mass is 279 g/mol. The molecule has 1 saturated heterocycles. The van der Waals surface area contributed by atoms with Crippen molar-refractivity contribution in [3.8, 4) is 0 Å². The van der Waals surface area contributed by atoms with Gasteiger partial charge in [0.15, 0.2) is 0 Å². The molecule has 0 spiro atoms. The molecule has 6 heteroatoms. The molecule has 0 radical (unpaired) electrons. The summed E-state index contributed by atoms with van der Waals surface area (Å²) in [5, 5.41) is 10.4. The Bertz CT molecular complexity index is 384. The van der Waals surface area contributed by atoms with E-state index in [1.165, 1.54) is 0 Å². The van der Waals surface area contributed by atoms with E-state index in [4.69, 9.17) is 0 Å². The summed E-state index contributed by atoms with van der Waals surface area (Å²) in [5.41, 5.74) is 0. The van der Waals surface area contributed by atoms with Crippen molar-refractivity contribution in [2.24, 2.45) is 0 Å². The number of rotatable bonds is 7. The van der Waals surface area contributed by atoms with Gasteiger partial charge in [0.1, 0.15) is 0 Å². The number of amides is 1. The van der Waals surface area contributed by atoms with Crippen LogP contribution < -0.4 is 10.6 Å². The van der Waals surface area contributed by atoms with E-state index in [1.807, 2.05) is 16.9 Å². The normalized spacial score (nSPS) is 17.2. The fourth-order valence-electron chi connectivity index (χ4n) is 2.50. The van der Waals surface area contributed by atoms with E-state index in [9.17, 15) is 4.79 Å². The van der Waals surface area contributed by atoms with Gasteiger partial charge in [0.05, 0.1) is 13.1 Å². The van der Waals surface area contributed by atoms with Crippen LogP contribution in [0.3, 0.4) is 0 Å². The Balaban J connectivity index is 1.54.